The number of aromatic nitrogens is 2. The molecule has 0 saturated heterocycles. The largest absolute Gasteiger partial charge is 0.497 e. The van der Waals surface area contributed by atoms with Crippen molar-refractivity contribution in [3.8, 4) is 22.9 Å². The normalized spacial score (nSPS) is 10.8. The van der Waals surface area contributed by atoms with E-state index in [1.54, 1.807) is 37.7 Å². The number of fused-ring (bicyclic) bond motifs is 1. The van der Waals surface area contributed by atoms with Crippen molar-refractivity contribution < 1.29 is 9.47 Å². The second-order valence-corrected chi connectivity index (χ2v) is 5.21. The minimum Gasteiger partial charge on any atom is -0.497 e. The highest BCUT2D eigenvalue weighted by Gasteiger charge is 2.14. The molecule has 6 heteroatoms. The maximum absolute atomic E-state index is 6.28. The lowest BCUT2D eigenvalue weighted by Crippen LogP contribution is -1.95. The first-order chi connectivity index (χ1) is 9.72. The van der Waals surface area contributed by atoms with Crippen LogP contribution in [0.1, 0.15) is 0 Å². The van der Waals surface area contributed by atoms with Crippen LogP contribution in [0.25, 0.3) is 22.3 Å². The van der Waals surface area contributed by atoms with Gasteiger partial charge in [-0.1, -0.05) is 11.6 Å². The van der Waals surface area contributed by atoms with Crippen LogP contribution in [0.4, 0.5) is 0 Å². The van der Waals surface area contributed by atoms with E-state index in [4.69, 9.17) is 21.1 Å². The van der Waals surface area contributed by atoms with Crippen LogP contribution in [0.2, 0.25) is 5.15 Å². The van der Waals surface area contributed by atoms with E-state index in [0.717, 1.165) is 5.56 Å². The molecule has 20 heavy (non-hydrogen) atoms. The number of hydrogen-bond acceptors (Lipinski definition) is 5. The number of rotatable bonds is 3. The zero-order valence-corrected chi connectivity index (χ0v) is 12.5. The SMILES string of the molecule is COc1cc(OC)c2nc(-c3ccsc3)nc(Cl)c2c1. The third-order valence-corrected chi connectivity index (χ3v) is 3.90. The lowest BCUT2D eigenvalue weighted by atomic mass is 10.2. The van der Waals surface area contributed by atoms with Crippen molar-refractivity contribution in [1.29, 1.82) is 0 Å². The Hall–Kier alpha value is -1.85. The van der Waals surface area contributed by atoms with E-state index in [2.05, 4.69) is 9.97 Å². The first-order valence-electron chi connectivity index (χ1n) is 5.84. The highest BCUT2D eigenvalue weighted by atomic mass is 35.5. The summed E-state index contributed by atoms with van der Waals surface area (Å²) in [7, 11) is 3.18. The monoisotopic (exact) mass is 306 g/mol. The van der Waals surface area contributed by atoms with Crippen LogP contribution in [-0.2, 0) is 0 Å². The van der Waals surface area contributed by atoms with Crippen molar-refractivity contribution >= 4 is 33.8 Å². The van der Waals surface area contributed by atoms with Crippen LogP contribution in [0.3, 0.4) is 0 Å². The topological polar surface area (TPSA) is 44.2 Å². The fraction of sp³-hybridized carbons (Fsp3) is 0.143. The molecule has 0 fully saturated rings. The molecular formula is C14H11ClN2O2S. The van der Waals surface area contributed by atoms with Gasteiger partial charge >= 0.3 is 0 Å². The Morgan fingerprint density at radius 3 is 2.65 bits per heavy atom. The molecule has 0 bridgehead atoms. The van der Waals surface area contributed by atoms with Gasteiger partial charge in [-0.25, -0.2) is 9.97 Å². The van der Waals surface area contributed by atoms with Crippen molar-refractivity contribution in [1.82, 2.24) is 9.97 Å². The maximum atomic E-state index is 6.28. The molecule has 0 unspecified atom stereocenters. The molecule has 0 atom stereocenters. The number of nitrogens with zero attached hydrogens (tertiary/aromatic N) is 2. The molecule has 0 aliphatic carbocycles. The van der Waals surface area contributed by atoms with Gasteiger partial charge in [0.1, 0.15) is 22.2 Å². The number of methoxy groups -OCH3 is 2. The van der Waals surface area contributed by atoms with Crippen LogP contribution in [0.5, 0.6) is 11.5 Å². The zero-order chi connectivity index (χ0) is 14.1. The zero-order valence-electron chi connectivity index (χ0n) is 10.9. The van der Waals surface area contributed by atoms with Gasteiger partial charge in [-0.05, 0) is 17.5 Å². The highest BCUT2D eigenvalue weighted by Crippen LogP contribution is 2.34. The summed E-state index contributed by atoms with van der Waals surface area (Å²) in [5, 5.41) is 5.05. The van der Waals surface area contributed by atoms with Gasteiger partial charge in [0, 0.05) is 22.4 Å². The minimum absolute atomic E-state index is 0.383. The molecule has 0 radical (unpaired) electrons. The molecule has 0 aliphatic heterocycles. The van der Waals surface area contributed by atoms with Gasteiger partial charge in [0.05, 0.1) is 14.2 Å². The molecule has 0 amide bonds. The molecule has 3 rings (SSSR count). The van der Waals surface area contributed by atoms with Crippen LogP contribution < -0.4 is 9.47 Å². The fourth-order valence-electron chi connectivity index (χ4n) is 1.93. The number of halogens is 1. The van der Waals surface area contributed by atoms with Gasteiger partial charge in [-0.2, -0.15) is 11.3 Å². The molecule has 2 heterocycles. The van der Waals surface area contributed by atoms with Crippen molar-refractivity contribution in [2.24, 2.45) is 0 Å². The summed E-state index contributed by atoms with van der Waals surface area (Å²) in [6, 6.07) is 5.54. The Balaban J connectivity index is 2.30. The molecule has 0 spiro atoms. The number of ether oxygens (including phenoxy) is 2. The quantitative estimate of drug-likeness (QED) is 0.685. The fourth-order valence-corrected chi connectivity index (χ4v) is 2.79. The van der Waals surface area contributed by atoms with Gasteiger partial charge in [0.2, 0.25) is 0 Å². The minimum atomic E-state index is 0.383. The summed E-state index contributed by atoms with van der Waals surface area (Å²) < 4.78 is 10.6. The van der Waals surface area contributed by atoms with Crippen LogP contribution in [0, 0.1) is 0 Å². The van der Waals surface area contributed by atoms with Crippen molar-refractivity contribution in [3.05, 3.63) is 34.1 Å². The molecule has 0 N–H and O–H groups in total. The van der Waals surface area contributed by atoms with E-state index >= 15 is 0 Å². The van der Waals surface area contributed by atoms with Crippen molar-refractivity contribution in [2.75, 3.05) is 14.2 Å². The smallest absolute Gasteiger partial charge is 0.162 e. The molecule has 0 aliphatic rings. The summed E-state index contributed by atoms with van der Waals surface area (Å²) in [6.07, 6.45) is 0. The average Bonchev–Trinajstić information content (AvgIpc) is 3.00. The Bertz CT molecular complexity index is 759. The van der Waals surface area contributed by atoms with Gasteiger partial charge in [-0.15, -0.1) is 0 Å². The maximum Gasteiger partial charge on any atom is 0.162 e. The van der Waals surface area contributed by atoms with Gasteiger partial charge < -0.3 is 9.47 Å². The Kier molecular flexibility index (Phi) is 3.46. The summed E-state index contributed by atoms with van der Waals surface area (Å²) in [6.45, 7) is 0. The highest BCUT2D eigenvalue weighted by molar-refractivity contribution is 7.08. The van der Waals surface area contributed by atoms with E-state index in [-0.39, 0.29) is 0 Å². The predicted octanol–water partition coefficient (Wildman–Crippen LogP) is 4.03. The second kappa shape index (κ2) is 5.26. The van der Waals surface area contributed by atoms with Crippen LogP contribution in [0.15, 0.2) is 29.0 Å². The molecule has 0 saturated carbocycles. The first-order valence-corrected chi connectivity index (χ1v) is 7.17. The average molecular weight is 307 g/mol. The molecule has 4 nitrogen and oxygen atoms in total. The van der Waals surface area contributed by atoms with E-state index in [1.807, 2.05) is 16.8 Å². The lowest BCUT2D eigenvalue weighted by Gasteiger charge is -2.10. The summed E-state index contributed by atoms with van der Waals surface area (Å²) in [4.78, 5) is 8.90. The summed E-state index contributed by atoms with van der Waals surface area (Å²) in [5.41, 5.74) is 1.62. The van der Waals surface area contributed by atoms with Crippen molar-refractivity contribution in [2.45, 2.75) is 0 Å². The standard InChI is InChI=1S/C14H11ClN2O2S/c1-18-9-5-10-12(11(6-9)19-2)16-14(17-13(10)15)8-3-4-20-7-8/h3-7H,1-2H3. The molecule has 1 aromatic carbocycles. The number of thiophene rings is 1. The van der Waals surface area contributed by atoms with Crippen LogP contribution >= 0.6 is 22.9 Å². The van der Waals surface area contributed by atoms with Crippen LogP contribution in [-0.4, -0.2) is 24.2 Å². The van der Waals surface area contributed by atoms with E-state index in [0.29, 0.717) is 33.4 Å². The Morgan fingerprint density at radius 1 is 1.15 bits per heavy atom. The van der Waals surface area contributed by atoms with E-state index in [1.165, 1.54) is 0 Å². The second-order valence-electron chi connectivity index (χ2n) is 4.08. The molecule has 3 aromatic rings. The predicted molar refractivity (Wildman–Crippen MR) is 81.0 cm³/mol. The third-order valence-electron chi connectivity index (χ3n) is 2.93. The van der Waals surface area contributed by atoms with Crippen molar-refractivity contribution in [3.63, 3.8) is 0 Å². The van der Waals surface area contributed by atoms with Gasteiger partial charge in [0.25, 0.3) is 0 Å². The summed E-state index contributed by atoms with van der Waals surface area (Å²) in [5.74, 6) is 1.86. The Morgan fingerprint density at radius 2 is 2.00 bits per heavy atom. The molecular weight excluding hydrogens is 296 g/mol. The van der Waals surface area contributed by atoms with Gasteiger partial charge in [-0.3, -0.25) is 0 Å². The first kappa shape index (κ1) is 13.1. The van der Waals surface area contributed by atoms with E-state index < -0.39 is 0 Å². The number of benzene rings is 1. The Labute approximate surface area is 125 Å². The molecule has 2 aromatic heterocycles. The molecule has 102 valence electrons. The lowest BCUT2D eigenvalue weighted by molar-refractivity contribution is 0.397. The third kappa shape index (κ3) is 2.19. The summed E-state index contributed by atoms with van der Waals surface area (Å²) >= 11 is 7.87. The van der Waals surface area contributed by atoms with E-state index in [9.17, 15) is 0 Å². The number of hydrogen-bond donors (Lipinski definition) is 0. The van der Waals surface area contributed by atoms with Gasteiger partial charge in [0.15, 0.2) is 5.82 Å².